The summed E-state index contributed by atoms with van der Waals surface area (Å²) in [7, 11) is 0. The van der Waals surface area contributed by atoms with Crippen LogP contribution in [-0.4, -0.2) is 36.5 Å². The maximum absolute atomic E-state index is 13.6. The van der Waals surface area contributed by atoms with Crippen molar-refractivity contribution in [3.63, 3.8) is 0 Å². The maximum Gasteiger partial charge on any atom is 0.238 e. The number of nitrogens with zero attached hydrogens (tertiary/aromatic N) is 1. The van der Waals surface area contributed by atoms with Crippen LogP contribution < -0.4 is 11.1 Å². The highest BCUT2D eigenvalue weighted by Crippen LogP contribution is 2.26. The zero-order chi connectivity index (χ0) is 16.2. The van der Waals surface area contributed by atoms with Gasteiger partial charge in [-0.05, 0) is 17.7 Å². The number of hydrogen-bond donors (Lipinski definition) is 2. The fourth-order valence-corrected chi connectivity index (χ4v) is 3.05. The van der Waals surface area contributed by atoms with E-state index in [0.29, 0.717) is 6.54 Å². The molecule has 1 saturated heterocycles. The second-order valence-corrected chi connectivity index (χ2v) is 5.90. The molecule has 1 aliphatic rings. The van der Waals surface area contributed by atoms with Crippen molar-refractivity contribution in [3.8, 4) is 0 Å². The Labute approximate surface area is 147 Å². The van der Waals surface area contributed by atoms with Gasteiger partial charge in [-0.15, -0.1) is 12.4 Å². The molecule has 1 fully saturated rings. The highest BCUT2D eigenvalue weighted by Gasteiger charge is 2.32. The van der Waals surface area contributed by atoms with E-state index in [2.05, 4.69) is 17.4 Å². The molecule has 0 unspecified atom stereocenters. The zero-order valence-corrected chi connectivity index (χ0v) is 14.0. The lowest BCUT2D eigenvalue weighted by Crippen LogP contribution is -2.33. The van der Waals surface area contributed by atoms with E-state index in [4.69, 9.17) is 5.73 Å². The molecule has 1 heterocycles. The molecule has 0 radical (unpaired) electrons. The number of amides is 1. The molecule has 3 N–H and O–H groups in total. The average Bonchev–Trinajstić information content (AvgIpc) is 2.91. The van der Waals surface area contributed by atoms with Crippen molar-refractivity contribution < 1.29 is 9.18 Å². The van der Waals surface area contributed by atoms with Crippen molar-refractivity contribution in [2.75, 3.05) is 25.0 Å². The molecule has 0 saturated carbocycles. The number of carbonyl (C=O) groups excluding carboxylic acids is 1. The molecule has 2 atom stereocenters. The number of hydrogen-bond acceptors (Lipinski definition) is 3. The first-order valence-corrected chi connectivity index (χ1v) is 7.71. The molecule has 0 aromatic heterocycles. The van der Waals surface area contributed by atoms with E-state index in [0.717, 1.165) is 6.54 Å². The van der Waals surface area contributed by atoms with Gasteiger partial charge in [0.2, 0.25) is 5.91 Å². The number of anilines is 1. The van der Waals surface area contributed by atoms with Crippen LogP contribution >= 0.6 is 12.4 Å². The Morgan fingerprint density at radius 2 is 1.79 bits per heavy atom. The smallest absolute Gasteiger partial charge is 0.238 e. The molecule has 24 heavy (non-hydrogen) atoms. The number of likely N-dealkylation sites (tertiary alicyclic amines) is 1. The lowest BCUT2D eigenvalue weighted by atomic mass is 9.95. The van der Waals surface area contributed by atoms with E-state index in [1.165, 1.54) is 11.6 Å². The Bertz CT molecular complexity index is 683. The van der Waals surface area contributed by atoms with Gasteiger partial charge < -0.3 is 11.1 Å². The molecule has 1 amide bonds. The van der Waals surface area contributed by atoms with E-state index < -0.39 is 5.82 Å². The highest BCUT2D eigenvalue weighted by atomic mass is 35.5. The van der Waals surface area contributed by atoms with E-state index >= 15 is 0 Å². The summed E-state index contributed by atoms with van der Waals surface area (Å²) in [4.78, 5) is 14.1. The van der Waals surface area contributed by atoms with Gasteiger partial charge in [0.25, 0.3) is 0 Å². The van der Waals surface area contributed by atoms with Crippen LogP contribution in [0.4, 0.5) is 10.1 Å². The first-order valence-electron chi connectivity index (χ1n) is 7.71. The Balaban J connectivity index is 0.00000208. The van der Waals surface area contributed by atoms with Gasteiger partial charge in [-0.2, -0.15) is 0 Å². The van der Waals surface area contributed by atoms with E-state index in [9.17, 15) is 9.18 Å². The fraction of sp³-hybridized carbons (Fsp3) is 0.278. The van der Waals surface area contributed by atoms with Gasteiger partial charge in [0.05, 0.1) is 12.2 Å². The molecule has 2 aromatic carbocycles. The van der Waals surface area contributed by atoms with Crippen LogP contribution in [0.2, 0.25) is 0 Å². The minimum Gasteiger partial charge on any atom is -0.326 e. The average molecular weight is 350 g/mol. The molecular weight excluding hydrogens is 329 g/mol. The Kier molecular flexibility index (Phi) is 6.31. The minimum atomic E-state index is -0.430. The Hall–Kier alpha value is -1.95. The van der Waals surface area contributed by atoms with Crippen molar-refractivity contribution in [1.82, 2.24) is 4.90 Å². The first kappa shape index (κ1) is 18.4. The van der Waals surface area contributed by atoms with Gasteiger partial charge in [0, 0.05) is 25.0 Å². The van der Waals surface area contributed by atoms with Crippen molar-refractivity contribution in [2.24, 2.45) is 5.73 Å². The summed E-state index contributed by atoms with van der Waals surface area (Å²) in [6, 6.07) is 16.3. The Morgan fingerprint density at radius 1 is 1.12 bits per heavy atom. The summed E-state index contributed by atoms with van der Waals surface area (Å²) < 4.78 is 13.6. The first-order chi connectivity index (χ1) is 11.1. The minimum absolute atomic E-state index is 0. The number of para-hydroxylation sites is 1. The molecule has 2 aromatic rings. The molecule has 6 heteroatoms. The summed E-state index contributed by atoms with van der Waals surface area (Å²) in [6.07, 6.45) is 0. The van der Waals surface area contributed by atoms with Gasteiger partial charge in [0.15, 0.2) is 0 Å². The van der Waals surface area contributed by atoms with Gasteiger partial charge >= 0.3 is 0 Å². The van der Waals surface area contributed by atoms with Crippen molar-refractivity contribution in [3.05, 3.63) is 66.0 Å². The predicted octanol–water partition coefficient (Wildman–Crippen LogP) is 2.61. The standard InChI is InChI=1S/C18H20FN3O.ClH/c19-15-8-4-5-9-17(15)21-18(23)12-22-10-14(16(20)11-22)13-6-2-1-3-7-13;/h1-9,14,16H,10-12,20H2,(H,21,23);1H/t14-,16+;/m0./s1. The normalized spacial score (nSPS) is 20.4. The van der Waals surface area contributed by atoms with Crippen LogP contribution in [0.15, 0.2) is 54.6 Å². The van der Waals surface area contributed by atoms with Crippen LogP contribution in [-0.2, 0) is 4.79 Å². The molecule has 0 aliphatic carbocycles. The molecule has 128 valence electrons. The topological polar surface area (TPSA) is 58.4 Å². The molecular formula is C18H21ClFN3O. The lowest BCUT2D eigenvalue weighted by molar-refractivity contribution is -0.117. The van der Waals surface area contributed by atoms with Crippen LogP contribution in [0, 0.1) is 5.82 Å². The fourth-order valence-electron chi connectivity index (χ4n) is 3.05. The lowest BCUT2D eigenvalue weighted by Gasteiger charge is -2.16. The number of carbonyl (C=O) groups is 1. The van der Waals surface area contributed by atoms with Crippen LogP contribution in [0.5, 0.6) is 0 Å². The summed E-state index contributed by atoms with van der Waals surface area (Å²) in [6.45, 7) is 1.60. The molecule has 3 rings (SSSR count). The number of halogens is 2. The summed E-state index contributed by atoms with van der Waals surface area (Å²) in [5, 5.41) is 2.61. The molecule has 4 nitrogen and oxygen atoms in total. The van der Waals surface area contributed by atoms with Crippen molar-refractivity contribution >= 4 is 24.0 Å². The summed E-state index contributed by atoms with van der Waals surface area (Å²) in [5.74, 6) is -0.436. The second kappa shape index (κ2) is 8.24. The van der Waals surface area contributed by atoms with Gasteiger partial charge in [-0.1, -0.05) is 42.5 Å². The second-order valence-electron chi connectivity index (χ2n) is 5.90. The van der Waals surface area contributed by atoms with Crippen molar-refractivity contribution in [1.29, 1.82) is 0 Å². The molecule has 0 bridgehead atoms. The number of benzene rings is 2. The SMILES string of the molecule is Cl.N[C@@H]1CN(CC(=O)Nc2ccccc2F)C[C@H]1c1ccccc1. The maximum atomic E-state index is 13.6. The van der Waals surface area contributed by atoms with E-state index in [1.807, 2.05) is 23.1 Å². The Morgan fingerprint density at radius 3 is 2.50 bits per heavy atom. The van der Waals surface area contributed by atoms with E-state index in [1.54, 1.807) is 18.2 Å². The summed E-state index contributed by atoms with van der Waals surface area (Å²) >= 11 is 0. The summed E-state index contributed by atoms with van der Waals surface area (Å²) in [5.41, 5.74) is 7.62. The third-order valence-electron chi connectivity index (χ3n) is 4.18. The number of nitrogens with one attached hydrogen (secondary N) is 1. The predicted molar refractivity (Wildman–Crippen MR) is 95.9 cm³/mol. The van der Waals surface area contributed by atoms with Gasteiger partial charge in [-0.3, -0.25) is 9.69 Å². The third-order valence-corrected chi connectivity index (χ3v) is 4.18. The molecule has 1 aliphatic heterocycles. The zero-order valence-electron chi connectivity index (χ0n) is 13.2. The van der Waals surface area contributed by atoms with Crippen LogP contribution in [0.25, 0.3) is 0 Å². The van der Waals surface area contributed by atoms with Gasteiger partial charge in [-0.25, -0.2) is 4.39 Å². The third kappa shape index (κ3) is 4.32. The van der Waals surface area contributed by atoms with Gasteiger partial charge in [0.1, 0.15) is 5.82 Å². The quantitative estimate of drug-likeness (QED) is 0.892. The van der Waals surface area contributed by atoms with Crippen LogP contribution in [0.1, 0.15) is 11.5 Å². The van der Waals surface area contributed by atoms with Crippen LogP contribution in [0.3, 0.4) is 0 Å². The van der Waals surface area contributed by atoms with Crippen molar-refractivity contribution in [2.45, 2.75) is 12.0 Å². The van der Waals surface area contributed by atoms with E-state index in [-0.39, 0.29) is 42.5 Å². The number of rotatable bonds is 4. The monoisotopic (exact) mass is 349 g/mol. The largest absolute Gasteiger partial charge is 0.326 e. The highest BCUT2D eigenvalue weighted by molar-refractivity contribution is 5.92. The number of nitrogens with two attached hydrogens (primary N) is 1. The molecule has 0 spiro atoms.